The van der Waals surface area contributed by atoms with Crippen LogP contribution in [0, 0.1) is 6.92 Å². The Morgan fingerprint density at radius 1 is 1.53 bits per heavy atom. The normalized spacial score (nSPS) is 17.3. The molecule has 1 fully saturated rings. The van der Waals surface area contributed by atoms with Gasteiger partial charge in [0.15, 0.2) is 0 Å². The zero-order valence-electron chi connectivity index (χ0n) is 9.79. The van der Waals surface area contributed by atoms with Gasteiger partial charge in [-0.3, -0.25) is 4.79 Å². The van der Waals surface area contributed by atoms with E-state index in [0.717, 1.165) is 30.2 Å². The third-order valence-corrected chi connectivity index (χ3v) is 4.49. The van der Waals surface area contributed by atoms with Crippen molar-refractivity contribution in [3.05, 3.63) is 29.3 Å². The molecule has 2 rings (SSSR count). The summed E-state index contributed by atoms with van der Waals surface area (Å²) >= 11 is 3.45. The number of carbonyl (C=O) groups excluding carboxylic acids is 1. The number of aromatic hydroxyl groups is 1. The van der Waals surface area contributed by atoms with E-state index in [2.05, 4.69) is 21.2 Å². The van der Waals surface area contributed by atoms with Gasteiger partial charge >= 0.3 is 0 Å². The van der Waals surface area contributed by atoms with Gasteiger partial charge in [0.1, 0.15) is 5.75 Å². The quantitative estimate of drug-likeness (QED) is 0.843. The molecule has 0 saturated heterocycles. The molecule has 1 aromatic rings. The van der Waals surface area contributed by atoms with Crippen molar-refractivity contribution in [1.82, 2.24) is 5.32 Å². The molecule has 0 unspecified atom stereocenters. The average molecular weight is 298 g/mol. The molecular formula is C13H16BrNO2. The molecule has 4 heteroatoms. The summed E-state index contributed by atoms with van der Waals surface area (Å²) in [6, 6.07) is 5.02. The first kappa shape index (κ1) is 12.4. The maximum atomic E-state index is 12.0. The van der Waals surface area contributed by atoms with Gasteiger partial charge in [0.2, 0.25) is 0 Å². The molecule has 2 N–H and O–H groups in total. The van der Waals surface area contributed by atoms with Crippen molar-refractivity contribution in [3.63, 3.8) is 0 Å². The topological polar surface area (TPSA) is 49.3 Å². The number of carbonyl (C=O) groups is 1. The van der Waals surface area contributed by atoms with E-state index in [-0.39, 0.29) is 17.2 Å². The number of phenolic OH excluding ortho intramolecular Hbond substituents is 1. The van der Waals surface area contributed by atoms with E-state index < -0.39 is 0 Å². The predicted molar refractivity (Wildman–Crippen MR) is 70.7 cm³/mol. The first-order valence-corrected chi connectivity index (χ1v) is 6.87. The standard InChI is InChI=1S/C13H16BrNO2/c1-9-3-4-10(7-11(9)16)12(17)15-13(8-14)5-2-6-13/h3-4,7,16H,2,5-6,8H2,1H3,(H,15,17). The zero-order chi connectivity index (χ0) is 12.5. The lowest BCUT2D eigenvalue weighted by Gasteiger charge is -2.41. The summed E-state index contributed by atoms with van der Waals surface area (Å²) in [6.07, 6.45) is 3.19. The van der Waals surface area contributed by atoms with Crippen molar-refractivity contribution >= 4 is 21.8 Å². The minimum atomic E-state index is -0.112. The Bertz CT molecular complexity index is 436. The maximum Gasteiger partial charge on any atom is 0.251 e. The fourth-order valence-corrected chi connectivity index (χ4v) is 2.66. The summed E-state index contributed by atoms with van der Waals surface area (Å²) in [5.41, 5.74) is 1.21. The lowest BCUT2D eigenvalue weighted by molar-refractivity contribution is 0.0856. The molecule has 0 aliphatic heterocycles. The van der Waals surface area contributed by atoms with Gasteiger partial charge in [-0.2, -0.15) is 0 Å². The van der Waals surface area contributed by atoms with E-state index in [4.69, 9.17) is 0 Å². The van der Waals surface area contributed by atoms with Gasteiger partial charge in [0.25, 0.3) is 5.91 Å². The Morgan fingerprint density at radius 3 is 2.71 bits per heavy atom. The predicted octanol–water partition coefficient (Wildman–Crippen LogP) is 2.75. The smallest absolute Gasteiger partial charge is 0.251 e. The molecule has 1 amide bonds. The average Bonchev–Trinajstić information content (AvgIpc) is 2.27. The number of benzene rings is 1. The van der Waals surface area contributed by atoms with Crippen molar-refractivity contribution in [2.45, 2.75) is 31.7 Å². The fourth-order valence-electron chi connectivity index (χ4n) is 1.96. The van der Waals surface area contributed by atoms with Gasteiger partial charge in [0, 0.05) is 10.9 Å². The van der Waals surface area contributed by atoms with E-state index in [1.165, 1.54) is 6.07 Å². The molecule has 0 radical (unpaired) electrons. The van der Waals surface area contributed by atoms with Crippen LogP contribution in [0.25, 0.3) is 0 Å². The summed E-state index contributed by atoms with van der Waals surface area (Å²) < 4.78 is 0. The Hall–Kier alpha value is -1.03. The number of aryl methyl sites for hydroxylation is 1. The number of amides is 1. The largest absolute Gasteiger partial charge is 0.508 e. The first-order chi connectivity index (χ1) is 8.06. The third kappa shape index (κ3) is 2.46. The maximum absolute atomic E-state index is 12.0. The lowest BCUT2D eigenvalue weighted by atomic mass is 9.78. The highest BCUT2D eigenvalue weighted by molar-refractivity contribution is 9.09. The highest BCUT2D eigenvalue weighted by atomic mass is 79.9. The summed E-state index contributed by atoms with van der Waals surface area (Å²) in [6.45, 7) is 1.81. The molecule has 92 valence electrons. The molecule has 1 aromatic carbocycles. The van der Waals surface area contributed by atoms with Crippen LogP contribution in [0.15, 0.2) is 18.2 Å². The lowest BCUT2D eigenvalue weighted by Crippen LogP contribution is -2.54. The third-order valence-electron chi connectivity index (χ3n) is 3.42. The minimum Gasteiger partial charge on any atom is -0.508 e. The van der Waals surface area contributed by atoms with Crippen LogP contribution in [0.1, 0.15) is 35.2 Å². The molecular weight excluding hydrogens is 282 g/mol. The van der Waals surface area contributed by atoms with E-state index in [1.54, 1.807) is 12.1 Å². The molecule has 0 spiro atoms. The second kappa shape index (κ2) is 4.69. The Balaban J connectivity index is 2.11. The molecule has 3 nitrogen and oxygen atoms in total. The van der Waals surface area contributed by atoms with Crippen molar-refractivity contribution in [1.29, 1.82) is 0 Å². The van der Waals surface area contributed by atoms with Gasteiger partial charge in [-0.05, 0) is 43.9 Å². The van der Waals surface area contributed by atoms with E-state index >= 15 is 0 Å². The van der Waals surface area contributed by atoms with Crippen LogP contribution in [-0.2, 0) is 0 Å². The second-order valence-electron chi connectivity index (χ2n) is 4.72. The van der Waals surface area contributed by atoms with Crippen LogP contribution in [-0.4, -0.2) is 21.9 Å². The SMILES string of the molecule is Cc1ccc(C(=O)NC2(CBr)CCC2)cc1O. The Kier molecular flexibility index (Phi) is 3.43. The minimum absolute atomic E-state index is 0.0857. The molecule has 17 heavy (non-hydrogen) atoms. The van der Waals surface area contributed by atoms with Crippen LogP contribution in [0.4, 0.5) is 0 Å². The van der Waals surface area contributed by atoms with Crippen LogP contribution in [0.5, 0.6) is 5.75 Å². The monoisotopic (exact) mass is 297 g/mol. The Labute approximate surface area is 109 Å². The molecule has 1 aliphatic rings. The number of halogens is 1. The molecule has 0 heterocycles. The van der Waals surface area contributed by atoms with Gasteiger partial charge in [-0.1, -0.05) is 22.0 Å². The highest BCUT2D eigenvalue weighted by Gasteiger charge is 2.37. The summed E-state index contributed by atoms with van der Waals surface area (Å²) in [5.74, 6) is 0.0543. The van der Waals surface area contributed by atoms with Crippen LogP contribution < -0.4 is 5.32 Å². The summed E-state index contributed by atoms with van der Waals surface area (Å²) in [7, 11) is 0. The fraction of sp³-hybridized carbons (Fsp3) is 0.462. The molecule has 1 aliphatic carbocycles. The van der Waals surface area contributed by atoms with Crippen molar-refractivity contribution in [3.8, 4) is 5.75 Å². The van der Waals surface area contributed by atoms with Crippen molar-refractivity contribution < 1.29 is 9.90 Å². The van der Waals surface area contributed by atoms with Gasteiger partial charge < -0.3 is 10.4 Å². The van der Waals surface area contributed by atoms with Crippen LogP contribution >= 0.6 is 15.9 Å². The Morgan fingerprint density at radius 2 is 2.24 bits per heavy atom. The van der Waals surface area contributed by atoms with E-state index in [0.29, 0.717) is 5.56 Å². The number of nitrogens with one attached hydrogen (secondary N) is 1. The molecule has 1 saturated carbocycles. The van der Waals surface area contributed by atoms with Crippen LogP contribution in [0.2, 0.25) is 0 Å². The van der Waals surface area contributed by atoms with Gasteiger partial charge in [-0.25, -0.2) is 0 Å². The molecule has 0 aromatic heterocycles. The van der Waals surface area contributed by atoms with Gasteiger partial charge in [0.05, 0.1) is 5.54 Å². The van der Waals surface area contributed by atoms with E-state index in [1.807, 2.05) is 6.92 Å². The highest BCUT2D eigenvalue weighted by Crippen LogP contribution is 2.33. The number of alkyl halides is 1. The molecule has 0 atom stereocenters. The zero-order valence-corrected chi connectivity index (χ0v) is 11.4. The number of rotatable bonds is 3. The van der Waals surface area contributed by atoms with Crippen molar-refractivity contribution in [2.24, 2.45) is 0 Å². The number of hydrogen-bond acceptors (Lipinski definition) is 2. The van der Waals surface area contributed by atoms with Crippen LogP contribution in [0.3, 0.4) is 0 Å². The number of phenols is 1. The first-order valence-electron chi connectivity index (χ1n) is 5.74. The second-order valence-corrected chi connectivity index (χ2v) is 5.28. The van der Waals surface area contributed by atoms with Crippen molar-refractivity contribution in [2.75, 3.05) is 5.33 Å². The molecule has 0 bridgehead atoms. The summed E-state index contributed by atoms with van der Waals surface area (Å²) in [4.78, 5) is 12.0. The van der Waals surface area contributed by atoms with Gasteiger partial charge in [-0.15, -0.1) is 0 Å². The number of hydrogen-bond donors (Lipinski definition) is 2. The summed E-state index contributed by atoms with van der Waals surface area (Å²) in [5, 5.41) is 13.4. The van der Waals surface area contributed by atoms with E-state index in [9.17, 15) is 9.90 Å².